The van der Waals surface area contributed by atoms with Crippen LogP contribution >= 0.6 is 0 Å². The second kappa shape index (κ2) is 12.4. The van der Waals surface area contributed by atoms with Gasteiger partial charge in [-0.3, -0.25) is 4.79 Å². The van der Waals surface area contributed by atoms with E-state index < -0.39 is 39.4 Å². The number of amides is 3. The molecule has 0 saturated heterocycles. The molecule has 1 atom stereocenters. The molecule has 3 rings (SSSR count). The minimum absolute atomic E-state index is 0.00641. The van der Waals surface area contributed by atoms with Gasteiger partial charge < -0.3 is 20.7 Å². The molecule has 10 heteroatoms. The molecule has 1 aliphatic carbocycles. The van der Waals surface area contributed by atoms with Crippen molar-refractivity contribution in [3.8, 4) is 0 Å². The second-order valence-electron chi connectivity index (χ2n) is 11.7. The lowest BCUT2D eigenvalue weighted by atomic mass is 9.83. The summed E-state index contributed by atoms with van der Waals surface area (Å²) in [6.45, 7) is 11.0. The minimum atomic E-state index is -3.63. The Morgan fingerprint density at radius 3 is 2.08 bits per heavy atom. The average molecular weight is 572 g/mol. The van der Waals surface area contributed by atoms with Crippen LogP contribution in [0.1, 0.15) is 79.9 Å². The molecule has 40 heavy (non-hydrogen) atoms. The number of aryl methyl sites for hydroxylation is 3. The topological polar surface area (TPSA) is 131 Å². The summed E-state index contributed by atoms with van der Waals surface area (Å²) in [5.74, 6) is -1.22. The zero-order valence-corrected chi connectivity index (χ0v) is 25.3. The molecule has 1 aliphatic rings. The number of carbonyl (C=O) groups excluding carboxylic acids is 3. The molecule has 3 amide bonds. The van der Waals surface area contributed by atoms with Crippen LogP contribution in [0.2, 0.25) is 0 Å². The van der Waals surface area contributed by atoms with E-state index in [1.54, 1.807) is 20.8 Å². The molecular weight excluding hydrogens is 530 g/mol. The third-order valence-corrected chi connectivity index (χ3v) is 8.01. The number of rotatable bonds is 7. The van der Waals surface area contributed by atoms with Crippen molar-refractivity contribution < 1.29 is 27.5 Å². The van der Waals surface area contributed by atoms with Crippen molar-refractivity contribution in [1.29, 1.82) is 0 Å². The van der Waals surface area contributed by atoms with E-state index in [9.17, 15) is 22.8 Å². The molecule has 0 unspecified atom stereocenters. The van der Waals surface area contributed by atoms with Crippen LogP contribution in [0.15, 0.2) is 35.2 Å². The summed E-state index contributed by atoms with van der Waals surface area (Å²) >= 11 is 0. The van der Waals surface area contributed by atoms with Crippen molar-refractivity contribution in [3.63, 3.8) is 0 Å². The Labute approximate surface area is 237 Å². The van der Waals surface area contributed by atoms with Crippen LogP contribution in [0.3, 0.4) is 0 Å². The number of anilines is 2. The fourth-order valence-electron chi connectivity index (χ4n) is 5.12. The summed E-state index contributed by atoms with van der Waals surface area (Å²) in [6, 6.07) is 6.28. The lowest BCUT2D eigenvalue weighted by Gasteiger charge is -2.32. The van der Waals surface area contributed by atoms with E-state index in [-0.39, 0.29) is 22.1 Å². The van der Waals surface area contributed by atoms with Crippen LogP contribution < -0.4 is 16.0 Å². The monoisotopic (exact) mass is 571 g/mol. The highest BCUT2D eigenvalue weighted by molar-refractivity contribution is 7.90. The Hall–Kier alpha value is -3.40. The maximum absolute atomic E-state index is 13.6. The van der Waals surface area contributed by atoms with Gasteiger partial charge in [0.2, 0.25) is 0 Å². The van der Waals surface area contributed by atoms with Gasteiger partial charge in [-0.2, -0.15) is 0 Å². The fraction of sp³-hybridized carbons (Fsp3) is 0.500. The van der Waals surface area contributed by atoms with E-state index in [0.29, 0.717) is 5.69 Å². The Morgan fingerprint density at radius 1 is 0.925 bits per heavy atom. The summed E-state index contributed by atoms with van der Waals surface area (Å²) in [7, 11) is -3.63. The highest BCUT2D eigenvalue weighted by atomic mass is 32.2. The van der Waals surface area contributed by atoms with Crippen molar-refractivity contribution >= 4 is 39.1 Å². The van der Waals surface area contributed by atoms with Gasteiger partial charge in [0.15, 0.2) is 9.84 Å². The molecule has 0 aliphatic heterocycles. The van der Waals surface area contributed by atoms with Crippen LogP contribution in [-0.2, 0) is 19.4 Å². The number of sulfone groups is 1. The van der Waals surface area contributed by atoms with Gasteiger partial charge in [-0.15, -0.1) is 0 Å². The SMILES string of the molecule is Cc1cc(C)c(NC(=O)Nc2cc(S(C)(=O)=O)ccc2C(=O)N[C@H](C(=O)OC(C)(C)C)C2CCCCC2)c(C)c1. The maximum atomic E-state index is 13.6. The number of hydrogen-bond acceptors (Lipinski definition) is 6. The molecule has 0 radical (unpaired) electrons. The summed E-state index contributed by atoms with van der Waals surface area (Å²) in [5, 5.41) is 8.30. The molecule has 2 aromatic rings. The molecule has 1 fully saturated rings. The predicted molar refractivity (Wildman–Crippen MR) is 157 cm³/mol. The lowest BCUT2D eigenvalue weighted by Crippen LogP contribution is -2.49. The van der Waals surface area contributed by atoms with E-state index in [1.807, 2.05) is 32.9 Å². The molecule has 1 saturated carbocycles. The number of nitrogens with one attached hydrogen (secondary N) is 3. The maximum Gasteiger partial charge on any atom is 0.329 e. The molecule has 0 spiro atoms. The number of esters is 1. The molecule has 2 aromatic carbocycles. The summed E-state index contributed by atoms with van der Waals surface area (Å²) in [5.41, 5.74) is 2.71. The number of ether oxygens (including phenoxy) is 1. The number of carbonyl (C=O) groups is 3. The lowest BCUT2D eigenvalue weighted by molar-refractivity contribution is -0.159. The van der Waals surface area contributed by atoms with E-state index in [1.165, 1.54) is 18.2 Å². The quantitative estimate of drug-likeness (QED) is 0.367. The molecule has 3 N–H and O–H groups in total. The smallest absolute Gasteiger partial charge is 0.329 e. The molecule has 218 valence electrons. The van der Waals surface area contributed by atoms with Crippen molar-refractivity contribution in [2.24, 2.45) is 5.92 Å². The highest BCUT2D eigenvalue weighted by Crippen LogP contribution is 2.29. The average Bonchev–Trinajstić information content (AvgIpc) is 2.83. The van der Waals surface area contributed by atoms with Crippen molar-refractivity contribution in [1.82, 2.24) is 5.32 Å². The Morgan fingerprint density at radius 2 is 1.52 bits per heavy atom. The number of hydrogen-bond donors (Lipinski definition) is 3. The molecule has 0 aromatic heterocycles. The van der Waals surface area contributed by atoms with E-state index in [2.05, 4.69) is 16.0 Å². The predicted octanol–water partition coefficient (Wildman–Crippen LogP) is 5.68. The molecule has 0 bridgehead atoms. The van der Waals surface area contributed by atoms with Gasteiger partial charge in [0.05, 0.1) is 16.1 Å². The van der Waals surface area contributed by atoms with Gasteiger partial charge in [-0.1, -0.05) is 37.0 Å². The van der Waals surface area contributed by atoms with Crippen LogP contribution in [-0.4, -0.2) is 44.2 Å². The summed E-state index contributed by atoms with van der Waals surface area (Å²) < 4.78 is 30.2. The van der Waals surface area contributed by atoms with E-state index in [4.69, 9.17) is 4.74 Å². The summed E-state index contributed by atoms with van der Waals surface area (Å²) in [6.07, 6.45) is 5.58. The van der Waals surface area contributed by atoms with Crippen molar-refractivity contribution in [2.45, 2.75) is 90.2 Å². The molecule has 9 nitrogen and oxygen atoms in total. The molecular formula is C30H41N3O6S. The first-order valence-electron chi connectivity index (χ1n) is 13.6. The number of urea groups is 1. The Kier molecular flexibility index (Phi) is 9.66. The van der Waals surface area contributed by atoms with Crippen molar-refractivity contribution in [2.75, 3.05) is 16.9 Å². The largest absolute Gasteiger partial charge is 0.458 e. The van der Waals surface area contributed by atoms with Crippen LogP contribution in [0, 0.1) is 26.7 Å². The van der Waals surface area contributed by atoms with E-state index in [0.717, 1.165) is 55.1 Å². The third kappa shape index (κ3) is 8.30. The zero-order chi connectivity index (χ0) is 29.8. The normalized spacial score (nSPS) is 15.2. The van der Waals surface area contributed by atoms with Gasteiger partial charge in [0, 0.05) is 11.9 Å². The first kappa shape index (κ1) is 31.1. The van der Waals surface area contributed by atoms with Gasteiger partial charge >= 0.3 is 12.0 Å². The van der Waals surface area contributed by atoms with Crippen LogP contribution in [0.5, 0.6) is 0 Å². The minimum Gasteiger partial charge on any atom is -0.458 e. The van der Waals surface area contributed by atoms with Gasteiger partial charge in [0.25, 0.3) is 5.91 Å². The van der Waals surface area contributed by atoms with Crippen LogP contribution in [0.25, 0.3) is 0 Å². The summed E-state index contributed by atoms with van der Waals surface area (Å²) in [4.78, 5) is 39.8. The molecule has 0 heterocycles. The Balaban J connectivity index is 1.93. The highest BCUT2D eigenvalue weighted by Gasteiger charge is 2.35. The first-order chi connectivity index (χ1) is 18.5. The zero-order valence-electron chi connectivity index (χ0n) is 24.4. The Bertz CT molecular complexity index is 1370. The van der Waals surface area contributed by atoms with E-state index >= 15 is 0 Å². The van der Waals surface area contributed by atoms with Gasteiger partial charge in [-0.05, 0) is 89.6 Å². The first-order valence-corrected chi connectivity index (χ1v) is 15.5. The second-order valence-corrected chi connectivity index (χ2v) is 13.7. The standard InChI is InChI=1S/C30H41N3O6S/c1-18-15-19(2)25(20(3)16-18)33-29(36)31-24-17-22(40(7,37)38)13-14-23(24)27(34)32-26(21-11-9-8-10-12-21)28(35)39-30(4,5)6/h13-17,21,26H,8-12H2,1-7H3,(H,32,34)(H2,31,33,36)/t26-/m0/s1. The van der Waals surface area contributed by atoms with Gasteiger partial charge in [-0.25, -0.2) is 18.0 Å². The third-order valence-electron chi connectivity index (χ3n) is 6.90. The van der Waals surface area contributed by atoms with Gasteiger partial charge in [0.1, 0.15) is 11.6 Å². The van der Waals surface area contributed by atoms with Crippen molar-refractivity contribution in [3.05, 3.63) is 52.6 Å². The number of benzene rings is 2. The van der Waals surface area contributed by atoms with Crippen LogP contribution in [0.4, 0.5) is 16.2 Å². The fourth-order valence-corrected chi connectivity index (χ4v) is 5.77.